The Morgan fingerprint density at radius 3 is 2.63 bits per heavy atom. The van der Waals surface area contributed by atoms with E-state index >= 15 is 0 Å². The number of aromatic hydroxyl groups is 1. The van der Waals surface area contributed by atoms with Crippen LogP contribution in [0.3, 0.4) is 0 Å². The van der Waals surface area contributed by atoms with E-state index in [2.05, 4.69) is 71.5 Å². The minimum atomic E-state index is 0.0284. The Morgan fingerprint density at radius 2 is 1.97 bits per heavy atom. The Morgan fingerprint density at radius 1 is 1.26 bits per heavy atom. The molecule has 1 aromatic heterocycles. The average Bonchev–Trinajstić information content (AvgIpc) is 3.21. The van der Waals surface area contributed by atoms with Crippen LogP contribution >= 0.6 is 0 Å². The smallest absolute Gasteiger partial charge is 0.127 e. The van der Waals surface area contributed by atoms with Crippen LogP contribution in [0.4, 0.5) is 0 Å². The van der Waals surface area contributed by atoms with E-state index in [4.69, 9.17) is 5.73 Å². The fourth-order valence-electron chi connectivity index (χ4n) is 5.63. The van der Waals surface area contributed by atoms with Crippen molar-refractivity contribution in [2.24, 2.45) is 10.7 Å². The molecular formula is C27H39N7O. The molecule has 8 nitrogen and oxygen atoms in total. The molecule has 0 atom stereocenters. The Labute approximate surface area is 208 Å². The van der Waals surface area contributed by atoms with Crippen LogP contribution in [0, 0.1) is 0 Å². The van der Waals surface area contributed by atoms with Crippen LogP contribution in [0.1, 0.15) is 51.9 Å². The molecule has 0 aliphatic carbocycles. The highest BCUT2D eigenvalue weighted by atomic mass is 16.3. The summed E-state index contributed by atoms with van der Waals surface area (Å²) < 4.78 is 2.19. The van der Waals surface area contributed by atoms with Crippen molar-refractivity contribution in [3.63, 3.8) is 0 Å². The van der Waals surface area contributed by atoms with Crippen molar-refractivity contribution in [1.82, 2.24) is 25.1 Å². The van der Waals surface area contributed by atoms with Crippen molar-refractivity contribution in [3.05, 3.63) is 53.8 Å². The lowest BCUT2D eigenvalue weighted by molar-refractivity contribution is 0.0983. The van der Waals surface area contributed by atoms with E-state index in [0.29, 0.717) is 17.3 Å². The quantitative estimate of drug-likeness (QED) is 0.375. The van der Waals surface area contributed by atoms with Gasteiger partial charge in [0.1, 0.15) is 17.4 Å². The summed E-state index contributed by atoms with van der Waals surface area (Å²) in [6.07, 6.45) is 7.52. The van der Waals surface area contributed by atoms with Gasteiger partial charge in [-0.2, -0.15) is 0 Å². The lowest BCUT2D eigenvalue weighted by Crippen LogP contribution is -2.61. The average molecular weight is 478 g/mol. The SMILES string of the molecule is C=N/C(=C\C=C(/N)c1ccc(-c2cnc3n2CCNC3)cc1O)N(C)C1CC(C)(C)NC(C)(C)C1. The van der Waals surface area contributed by atoms with Gasteiger partial charge in [-0.15, -0.1) is 0 Å². The van der Waals surface area contributed by atoms with Gasteiger partial charge in [0.15, 0.2) is 0 Å². The van der Waals surface area contributed by atoms with Crippen LogP contribution in [0.25, 0.3) is 17.0 Å². The summed E-state index contributed by atoms with van der Waals surface area (Å²) in [6, 6.07) is 5.90. The molecule has 2 aromatic rings. The van der Waals surface area contributed by atoms with E-state index in [-0.39, 0.29) is 16.8 Å². The molecule has 2 aliphatic rings. The highest BCUT2D eigenvalue weighted by Crippen LogP contribution is 2.33. The molecule has 4 rings (SSSR count). The maximum absolute atomic E-state index is 10.8. The van der Waals surface area contributed by atoms with Crippen molar-refractivity contribution < 1.29 is 5.11 Å². The topological polar surface area (TPSA) is 104 Å². The molecule has 8 heteroatoms. The van der Waals surface area contributed by atoms with Gasteiger partial charge in [0.2, 0.25) is 0 Å². The Hall–Kier alpha value is -3.10. The number of hydrogen-bond acceptors (Lipinski definition) is 7. The molecule has 3 heterocycles. The number of fused-ring (bicyclic) bond motifs is 1. The zero-order valence-electron chi connectivity index (χ0n) is 21.6. The first-order valence-electron chi connectivity index (χ1n) is 12.2. The number of benzene rings is 1. The maximum atomic E-state index is 10.8. The molecule has 1 aromatic carbocycles. The molecule has 0 spiro atoms. The lowest BCUT2D eigenvalue weighted by Gasteiger charge is -2.49. The molecule has 0 bridgehead atoms. The van der Waals surface area contributed by atoms with Crippen molar-refractivity contribution in [3.8, 4) is 17.0 Å². The van der Waals surface area contributed by atoms with Gasteiger partial charge in [0, 0.05) is 54.1 Å². The van der Waals surface area contributed by atoms with E-state index < -0.39 is 0 Å². The largest absolute Gasteiger partial charge is 0.507 e. The number of rotatable bonds is 6. The molecule has 35 heavy (non-hydrogen) atoms. The summed E-state index contributed by atoms with van der Waals surface area (Å²) in [7, 11) is 2.06. The Balaban J connectivity index is 1.55. The van der Waals surface area contributed by atoms with E-state index in [0.717, 1.165) is 55.4 Å². The number of imidazole rings is 1. The van der Waals surface area contributed by atoms with Crippen molar-refractivity contribution >= 4 is 12.4 Å². The first-order chi connectivity index (χ1) is 16.5. The van der Waals surface area contributed by atoms with Gasteiger partial charge in [0.05, 0.1) is 18.4 Å². The molecule has 2 aliphatic heterocycles. The number of phenols is 1. The van der Waals surface area contributed by atoms with Gasteiger partial charge in [-0.05, 0) is 71.5 Å². The van der Waals surface area contributed by atoms with Crippen LogP contribution in [0.5, 0.6) is 5.75 Å². The fourth-order valence-corrected chi connectivity index (χ4v) is 5.63. The van der Waals surface area contributed by atoms with Crippen molar-refractivity contribution in [2.45, 2.75) is 70.7 Å². The monoisotopic (exact) mass is 477 g/mol. The predicted molar refractivity (Wildman–Crippen MR) is 143 cm³/mol. The molecule has 5 N–H and O–H groups in total. The Kier molecular flexibility index (Phi) is 6.79. The van der Waals surface area contributed by atoms with E-state index in [1.165, 1.54) is 0 Å². The summed E-state index contributed by atoms with van der Waals surface area (Å²) in [4.78, 5) is 11.0. The molecule has 0 saturated carbocycles. The number of piperidine rings is 1. The van der Waals surface area contributed by atoms with E-state index in [1.807, 2.05) is 24.4 Å². The molecule has 0 unspecified atom stereocenters. The van der Waals surface area contributed by atoms with E-state index in [9.17, 15) is 5.11 Å². The molecule has 188 valence electrons. The summed E-state index contributed by atoms with van der Waals surface area (Å²) >= 11 is 0. The first-order valence-corrected chi connectivity index (χ1v) is 12.2. The number of nitrogens with one attached hydrogen (secondary N) is 2. The summed E-state index contributed by atoms with van der Waals surface area (Å²) in [5, 5.41) is 17.8. The number of aromatic nitrogens is 2. The second kappa shape index (κ2) is 9.51. The minimum Gasteiger partial charge on any atom is -0.507 e. The van der Waals surface area contributed by atoms with Crippen molar-refractivity contribution in [1.29, 1.82) is 0 Å². The molecular weight excluding hydrogens is 438 g/mol. The van der Waals surface area contributed by atoms with E-state index in [1.54, 1.807) is 12.1 Å². The maximum Gasteiger partial charge on any atom is 0.127 e. The van der Waals surface area contributed by atoms with Gasteiger partial charge < -0.3 is 30.9 Å². The third-order valence-electron chi connectivity index (χ3n) is 6.99. The zero-order chi connectivity index (χ0) is 25.4. The van der Waals surface area contributed by atoms with Gasteiger partial charge in [-0.1, -0.05) is 6.07 Å². The zero-order valence-corrected chi connectivity index (χ0v) is 21.6. The third kappa shape index (κ3) is 5.44. The van der Waals surface area contributed by atoms with Crippen LogP contribution < -0.4 is 16.4 Å². The number of nitrogens with zero attached hydrogens (tertiary/aromatic N) is 4. The number of hydrogen-bond donors (Lipinski definition) is 4. The molecule has 1 fully saturated rings. The minimum absolute atomic E-state index is 0.0284. The standard InChI is InChI=1S/C27H39N7O/c1-26(2)14-19(15-27(3,4)32-26)33(6)24(29-5)10-9-21(28)20-8-7-18(13-23(20)35)22-16-31-25-17-30-11-12-34(22)25/h7-10,13,16,19,30,32,35H,5,11-12,14-15,17,28H2,1-4,6H3/b21-9-,24-10+. The second-order valence-electron chi connectivity index (χ2n) is 11.0. The number of phenolic OH excluding ortho intramolecular Hbond substituents is 1. The van der Waals surface area contributed by atoms with Gasteiger partial charge in [-0.25, -0.2) is 9.98 Å². The third-order valence-corrected chi connectivity index (χ3v) is 6.99. The molecule has 0 amide bonds. The number of nitrogens with two attached hydrogens (primary N) is 1. The fraction of sp³-hybridized carbons (Fsp3) is 0.481. The molecule has 1 saturated heterocycles. The number of allylic oxidation sites excluding steroid dienone is 2. The second-order valence-corrected chi connectivity index (χ2v) is 11.0. The van der Waals surface area contributed by atoms with Gasteiger partial charge in [-0.3, -0.25) is 0 Å². The highest BCUT2D eigenvalue weighted by Gasteiger charge is 2.39. The van der Waals surface area contributed by atoms with Crippen molar-refractivity contribution in [2.75, 3.05) is 13.6 Å². The summed E-state index contributed by atoms with van der Waals surface area (Å²) in [5.74, 6) is 1.90. The predicted octanol–water partition coefficient (Wildman–Crippen LogP) is 3.44. The molecule has 0 radical (unpaired) electrons. The van der Waals surface area contributed by atoms with Crippen LogP contribution in [-0.4, -0.2) is 57.0 Å². The number of aliphatic imine (C=N–C) groups is 1. The van der Waals surface area contributed by atoms with Gasteiger partial charge in [0.25, 0.3) is 0 Å². The summed E-state index contributed by atoms with van der Waals surface area (Å²) in [5.41, 5.74) is 9.41. The lowest BCUT2D eigenvalue weighted by atomic mass is 9.79. The van der Waals surface area contributed by atoms with Crippen LogP contribution in [0.15, 0.2) is 47.4 Å². The van der Waals surface area contributed by atoms with Crippen LogP contribution in [-0.2, 0) is 13.1 Å². The van der Waals surface area contributed by atoms with Crippen LogP contribution in [0.2, 0.25) is 0 Å². The van der Waals surface area contributed by atoms with Gasteiger partial charge >= 0.3 is 0 Å². The Bertz CT molecular complexity index is 1140. The first kappa shape index (κ1) is 25.0. The normalized spacial score (nSPS) is 20.4. The highest BCUT2D eigenvalue weighted by molar-refractivity contribution is 5.73. The summed E-state index contributed by atoms with van der Waals surface area (Å²) in [6.45, 7) is 15.3.